The van der Waals surface area contributed by atoms with E-state index in [4.69, 9.17) is 4.74 Å². The van der Waals surface area contributed by atoms with Crippen molar-refractivity contribution in [2.45, 2.75) is 78.4 Å². The van der Waals surface area contributed by atoms with Gasteiger partial charge in [-0.2, -0.15) is 0 Å². The molecule has 0 saturated carbocycles. The Balaban J connectivity index is 1.92. The lowest BCUT2D eigenvalue weighted by Crippen LogP contribution is -2.55. The summed E-state index contributed by atoms with van der Waals surface area (Å²) in [6.07, 6.45) is 0.393. The molecule has 0 aromatic heterocycles. The number of hydrogen-bond acceptors (Lipinski definition) is 3. The summed E-state index contributed by atoms with van der Waals surface area (Å²) >= 11 is 3.60. The lowest BCUT2D eigenvalue weighted by molar-refractivity contribution is -0.143. The number of nitrogens with one attached hydrogen (secondary N) is 1. The van der Waals surface area contributed by atoms with Crippen LogP contribution in [0.15, 0.2) is 77.3 Å². The summed E-state index contributed by atoms with van der Waals surface area (Å²) in [4.78, 5) is 29.1. The molecule has 0 radical (unpaired) electrons. The molecule has 1 unspecified atom stereocenters. The van der Waals surface area contributed by atoms with Gasteiger partial charge in [0.1, 0.15) is 11.8 Å². The Kier molecular flexibility index (Phi) is 10.0. The van der Waals surface area contributed by atoms with E-state index in [1.165, 1.54) is 0 Å². The molecule has 0 bridgehead atoms. The highest BCUT2D eigenvalue weighted by Crippen LogP contribution is 2.31. The van der Waals surface area contributed by atoms with Gasteiger partial charge in [-0.05, 0) is 77.9 Å². The van der Waals surface area contributed by atoms with Crippen molar-refractivity contribution < 1.29 is 14.3 Å². The predicted octanol–water partition coefficient (Wildman–Crippen LogP) is 6.99. The minimum atomic E-state index is -0.712. The number of nitrogens with zero attached hydrogens (tertiary/aromatic N) is 1. The van der Waals surface area contributed by atoms with Crippen LogP contribution in [0.5, 0.6) is 5.75 Å². The number of aryl methyl sites for hydroxylation is 1. The molecule has 1 atom stereocenters. The highest BCUT2D eigenvalue weighted by molar-refractivity contribution is 9.10. The van der Waals surface area contributed by atoms with Crippen molar-refractivity contribution in [3.05, 3.63) is 99.5 Å². The largest absolute Gasteiger partial charge is 0.483 e. The number of benzene rings is 3. The summed E-state index contributed by atoms with van der Waals surface area (Å²) in [5, 5.41) is 3.09. The van der Waals surface area contributed by atoms with E-state index in [2.05, 4.69) is 42.0 Å². The van der Waals surface area contributed by atoms with E-state index in [-0.39, 0.29) is 23.8 Å². The number of amides is 2. The summed E-state index contributed by atoms with van der Waals surface area (Å²) in [7, 11) is 0. The molecule has 208 valence electrons. The predicted molar refractivity (Wildman–Crippen MR) is 162 cm³/mol. The van der Waals surface area contributed by atoms with Gasteiger partial charge in [0, 0.05) is 18.5 Å². The van der Waals surface area contributed by atoms with Gasteiger partial charge in [-0.3, -0.25) is 9.59 Å². The van der Waals surface area contributed by atoms with Crippen LogP contribution in [0, 0.1) is 6.92 Å². The Hall–Kier alpha value is -3.12. The smallest absolute Gasteiger partial charge is 0.261 e. The quantitative estimate of drug-likeness (QED) is 0.291. The summed E-state index contributed by atoms with van der Waals surface area (Å²) in [5.74, 6) is 0.139. The molecule has 0 fully saturated rings. The van der Waals surface area contributed by atoms with Crippen molar-refractivity contribution in [2.75, 3.05) is 6.61 Å². The van der Waals surface area contributed by atoms with E-state index < -0.39 is 11.6 Å². The Morgan fingerprint density at radius 1 is 0.897 bits per heavy atom. The SMILES string of the molecule is Cc1ccc(CN(C(=O)COc2ccc(C(C)(C)C)cc2Br)C(Cc2ccccc2)C(=O)NC(C)(C)C)cc1. The Bertz CT molecular complexity index is 1260. The fourth-order valence-corrected chi connectivity index (χ4v) is 4.70. The molecule has 3 rings (SSSR count). The highest BCUT2D eigenvalue weighted by atomic mass is 79.9. The first-order chi connectivity index (χ1) is 18.2. The highest BCUT2D eigenvalue weighted by Gasteiger charge is 2.32. The molecule has 5 nitrogen and oxygen atoms in total. The van der Waals surface area contributed by atoms with Gasteiger partial charge in [-0.15, -0.1) is 0 Å². The van der Waals surface area contributed by atoms with E-state index in [0.717, 1.165) is 26.7 Å². The molecule has 3 aromatic rings. The van der Waals surface area contributed by atoms with Gasteiger partial charge in [0.2, 0.25) is 5.91 Å². The fraction of sp³-hybridized carbons (Fsp3) is 0.394. The summed E-state index contributed by atoms with van der Waals surface area (Å²) < 4.78 is 6.81. The monoisotopic (exact) mass is 592 g/mol. The standard InChI is InChI=1S/C33H41BrN2O3/c1-23-13-15-25(16-14-23)21-36(28(31(38)35-33(5,6)7)19-24-11-9-8-10-12-24)30(37)22-39-29-18-17-26(20-27(29)34)32(2,3)4/h8-18,20,28H,19,21-22H2,1-7H3,(H,35,38). The van der Waals surface area contributed by atoms with Crippen molar-refractivity contribution in [2.24, 2.45) is 0 Å². The van der Waals surface area contributed by atoms with E-state index in [1.54, 1.807) is 4.90 Å². The van der Waals surface area contributed by atoms with E-state index in [1.807, 2.05) is 100 Å². The number of hydrogen-bond donors (Lipinski definition) is 1. The molecule has 0 aliphatic heterocycles. The number of ether oxygens (including phenoxy) is 1. The normalized spacial score (nSPS) is 12.5. The summed E-state index contributed by atoms with van der Waals surface area (Å²) in [5.41, 5.74) is 3.78. The van der Waals surface area contributed by atoms with Crippen LogP contribution in [0.4, 0.5) is 0 Å². The van der Waals surface area contributed by atoms with Crippen molar-refractivity contribution in [1.82, 2.24) is 10.2 Å². The third-order valence-electron chi connectivity index (χ3n) is 6.39. The third-order valence-corrected chi connectivity index (χ3v) is 7.01. The zero-order valence-electron chi connectivity index (χ0n) is 24.2. The summed E-state index contributed by atoms with van der Waals surface area (Å²) in [6.45, 7) is 14.4. The Morgan fingerprint density at radius 3 is 2.10 bits per heavy atom. The van der Waals surface area contributed by atoms with E-state index >= 15 is 0 Å². The molecule has 0 aliphatic carbocycles. The lowest BCUT2D eigenvalue weighted by Gasteiger charge is -2.34. The van der Waals surface area contributed by atoms with Gasteiger partial charge in [-0.25, -0.2) is 0 Å². The van der Waals surface area contributed by atoms with Gasteiger partial charge in [-0.1, -0.05) is 87.0 Å². The topological polar surface area (TPSA) is 58.6 Å². The first-order valence-corrected chi connectivity index (χ1v) is 14.2. The maximum atomic E-state index is 13.8. The third kappa shape index (κ3) is 9.24. The van der Waals surface area contributed by atoms with Crippen LogP contribution < -0.4 is 10.1 Å². The van der Waals surface area contributed by atoms with Crippen LogP contribution in [-0.4, -0.2) is 34.9 Å². The van der Waals surface area contributed by atoms with Gasteiger partial charge >= 0.3 is 0 Å². The second kappa shape index (κ2) is 12.8. The molecular weight excluding hydrogens is 552 g/mol. The molecule has 0 heterocycles. The van der Waals surface area contributed by atoms with Gasteiger partial charge < -0.3 is 15.0 Å². The number of halogens is 1. The minimum Gasteiger partial charge on any atom is -0.483 e. The van der Waals surface area contributed by atoms with Crippen LogP contribution in [0.25, 0.3) is 0 Å². The first kappa shape index (κ1) is 30.4. The van der Waals surface area contributed by atoms with Crippen molar-refractivity contribution in [3.8, 4) is 5.75 Å². The molecule has 39 heavy (non-hydrogen) atoms. The van der Waals surface area contributed by atoms with Crippen LogP contribution in [-0.2, 0) is 28.0 Å². The number of rotatable bonds is 9. The van der Waals surface area contributed by atoms with Crippen molar-refractivity contribution >= 4 is 27.7 Å². The van der Waals surface area contributed by atoms with Crippen molar-refractivity contribution in [3.63, 3.8) is 0 Å². The fourth-order valence-electron chi connectivity index (χ4n) is 4.20. The second-order valence-electron chi connectivity index (χ2n) is 12.1. The van der Waals surface area contributed by atoms with Gasteiger partial charge in [0.05, 0.1) is 4.47 Å². The van der Waals surface area contributed by atoms with Crippen molar-refractivity contribution in [1.29, 1.82) is 0 Å². The average molecular weight is 594 g/mol. The molecule has 0 spiro atoms. The first-order valence-electron chi connectivity index (χ1n) is 13.4. The Morgan fingerprint density at radius 2 is 1.54 bits per heavy atom. The molecule has 6 heteroatoms. The summed E-state index contributed by atoms with van der Waals surface area (Å²) in [6, 6.07) is 23.1. The zero-order chi connectivity index (χ0) is 28.8. The zero-order valence-corrected chi connectivity index (χ0v) is 25.8. The van der Waals surface area contributed by atoms with E-state index in [0.29, 0.717) is 18.7 Å². The van der Waals surface area contributed by atoms with E-state index in [9.17, 15) is 9.59 Å². The number of carbonyl (C=O) groups is 2. The minimum absolute atomic E-state index is 0.00716. The number of carbonyl (C=O) groups excluding carboxylic acids is 2. The molecule has 1 N–H and O–H groups in total. The van der Waals surface area contributed by atoms with Crippen LogP contribution in [0.2, 0.25) is 0 Å². The molecule has 2 amide bonds. The molecular formula is C33H41BrN2O3. The maximum Gasteiger partial charge on any atom is 0.261 e. The van der Waals surface area contributed by atoms with Crippen LogP contribution >= 0.6 is 15.9 Å². The lowest BCUT2D eigenvalue weighted by atomic mass is 9.87. The molecule has 3 aromatic carbocycles. The van der Waals surface area contributed by atoms with Crippen LogP contribution in [0.1, 0.15) is 63.8 Å². The second-order valence-corrected chi connectivity index (χ2v) is 13.0. The van der Waals surface area contributed by atoms with Gasteiger partial charge in [0.15, 0.2) is 6.61 Å². The maximum absolute atomic E-state index is 13.8. The van der Waals surface area contributed by atoms with Crippen LogP contribution in [0.3, 0.4) is 0 Å². The molecule has 0 aliphatic rings. The average Bonchev–Trinajstić information content (AvgIpc) is 2.85. The van der Waals surface area contributed by atoms with Gasteiger partial charge in [0.25, 0.3) is 5.91 Å². The Labute approximate surface area is 242 Å². The molecule has 0 saturated heterocycles.